The van der Waals surface area contributed by atoms with Crippen molar-refractivity contribution in [1.82, 2.24) is 9.97 Å². The van der Waals surface area contributed by atoms with E-state index in [2.05, 4.69) is 28.7 Å². The van der Waals surface area contributed by atoms with E-state index in [0.717, 1.165) is 29.9 Å². The smallest absolute Gasteiger partial charge is 0.172 e. The van der Waals surface area contributed by atoms with E-state index in [1.165, 1.54) is 0 Å². The molecular formula is C14H18N4O. The number of para-hydroxylation sites is 2. The highest BCUT2D eigenvalue weighted by Gasteiger charge is 2.25. The Labute approximate surface area is 112 Å². The Bertz CT molecular complexity index is 591. The van der Waals surface area contributed by atoms with Crippen molar-refractivity contribution in [2.45, 2.75) is 26.1 Å². The van der Waals surface area contributed by atoms with Crippen molar-refractivity contribution >= 4 is 22.7 Å². The van der Waals surface area contributed by atoms with Gasteiger partial charge in [-0.15, -0.1) is 0 Å². The van der Waals surface area contributed by atoms with Crippen LogP contribution >= 0.6 is 0 Å². The minimum absolute atomic E-state index is 0.177. The second-order valence-electron chi connectivity index (χ2n) is 5.08. The summed E-state index contributed by atoms with van der Waals surface area (Å²) in [4.78, 5) is 11.2. The molecular weight excluding hydrogens is 240 g/mol. The van der Waals surface area contributed by atoms with Gasteiger partial charge in [0.2, 0.25) is 0 Å². The predicted octanol–water partition coefficient (Wildman–Crippen LogP) is 1.83. The van der Waals surface area contributed by atoms with Crippen molar-refractivity contribution < 1.29 is 4.74 Å². The van der Waals surface area contributed by atoms with Crippen LogP contribution < -0.4 is 10.6 Å². The van der Waals surface area contributed by atoms with Crippen LogP contribution in [0.4, 0.5) is 11.6 Å². The molecule has 0 aliphatic carbocycles. The van der Waals surface area contributed by atoms with Gasteiger partial charge in [-0.1, -0.05) is 12.1 Å². The Morgan fingerprint density at radius 1 is 1.11 bits per heavy atom. The van der Waals surface area contributed by atoms with Crippen LogP contribution in [0.25, 0.3) is 11.0 Å². The molecule has 2 N–H and O–H groups in total. The van der Waals surface area contributed by atoms with Crippen LogP contribution in [0.1, 0.15) is 13.8 Å². The van der Waals surface area contributed by atoms with Gasteiger partial charge in [-0.05, 0) is 26.0 Å². The van der Waals surface area contributed by atoms with Gasteiger partial charge in [0, 0.05) is 13.1 Å². The molecule has 5 nitrogen and oxygen atoms in total. The summed E-state index contributed by atoms with van der Waals surface area (Å²) in [6.45, 7) is 5.71. The number of fused-ring (bicyclic) bond motifs is 1. The van der Waals surface area contributed by atoms with Gasteiger partial charge in [-0.3, -0.25) is 0 Å². The van der Waals surface area contributed by atoms with Gasteiger partial charge in [0.1, 0.15) is 0 Å². The fraction of sp³-hybridized carbons (Fsp3) is 0.429. The van der Waals surface area contributed by atoms with Crippen LogP contribution in [-0.2, 0) is 4.74 Å². The molecule has 1 aliphatic rings. The van der Waals surface area contributed by atoms with E-state index in [1.54, 1.807) is 0 Å². The molecule has 3 rings (SSSR count). The third-order valence-corrected chi connectivity index (χ3v) is 3.30. The largest absolute Gasteiger partial charge is 0.381 e. The van der Waals surface area contributed by atoms with Crippen molar-refractivity contribution in [3.8, 4) is 0 Å². The van der Waals surface area contributed by atoms with Crippen LogP contribution in [-0.4, -0.2) is 35.3 Å². The molecule has 19 heavy (non-hydrogen) atoms. The lowest BCUT2D eigenvalue weighted by Crippen LogP contribution is -2.46. The fourth-order valence-corrected chi connectivity index (χ4v) is 2.59. The Morgan fingerprint density at radius 2 is 1.68 bits per heavy atom. The monoisotopic (exact) mass is 258 g/mol. The Balaban J connectivity index is 2.01. The van der Waals surface area contributed by atoms with Crippen LogP contribution in [0.2, 0.25) is 0 Å². The quantitative estimate of drug-likeness (QED) is 0.845. The summed E-state index contributed by atoms with van der Waals surface area (Å²) in [5, 5.41) is 0. The summed E-state index contributed by atoms with van der Waals surface area (Å²) in [6.07, 6.45) is 0.354. The third kappa shape index (κ3) is 2.33. The molecule has 1 aliphatic heterocycles. The van der Waals surface area contributed by atoms with Gasteiger partial charge in [0.05, 0.1) is 23.2 Å². The van der Waals surface area contributed by atoms with E-state index in [-0.39, 0.29) is 12.2 Å². The normalized spacial score (nSPS) is 23.8. The molecule has 0 saturated carbocycles. The number of ether oxygens (including phenoxy) is 1. The lowest BCUT2D eigenvalue weighted by atomic mass is 10.2. The van der Waals surface area contributed by atoms with Crippen molar-refractivity contribution in [3.05, 3.63) is 24.3 Å². The number of nitrogens with two attached hydrogens (primary N) is 1. The number of aromatic nitrogens is 2. The summed E-state index contributed by atoms with van der Waals surface area (Å²) in [6, 6.07) is 7.78. The van der Waals surface area contributed by atoms with E-state index in [0.29, 0.717) is 5.82 Å². The van der Waals surface area contributed by atoms with Gasteiger partial charge >= 0.3 is 0 Å². The molecule has 1 fully saturated rings. The lowest BCUT2D eigenvalue weighted by molar-refractivity contribution is -0.00540. The second kappa shape index (κ2) is 4.66. The van der Waals surface area contributed by atoms with Gasteiger partial charge < -0.3 is 15.4 Å². The average Bonchev–Trinajstić information content (AvgIpc) is 2.36. The SMILES string of the molecule is C[C@@H]1CN(c2nc3ccccc3nc2N)C[C@H](C)O1. The van der Waals surface area contributed by atoms with Crippen molar-refractivity contribution in [2.24, 2.45) is 0 Å². The van der Waals surface area contributed by atoms with E-state index < -0.39 is 0 Å². The number of anilines is 2. The van der Waals surface area contributed by atoms with Crippen molar-refractivity contribution in [2.75, 3.05) is 23.7 Å². The minimum atomic E-state index is 0.177. The predicted molar refractivity (Wildman–Crippen MR) is 76.2 cm³/mol. The first-order valence-corrected chi connectivity index (χ1v) is 6.56. The highest BCUT2D eigenvalue weighted by molar-refractivity contribution is 5.79. The second-order valence-corrected chi connectivity index (χ2v) is 5.08. The maximum Gasteiger partial charge on any atom is 0.172 e. The number of nitrogen functional groups attached to an aromatic ring is 1. The molecule has 1 aromatic carbocycles. The molecule has 0 spiro atoms. The van der Waals surface area contributed by atoms with E-state index in [4.69, 9.17) is 10.5 Å². The highest BCUT2D eigenvalue weighted by atomic mass is 16.5. The number of hydrogen-bond donors (Lipinski definition) is 1. The van der Waals surface area contributed by atoms with Gasteiger partial charge in [0.25, 0.3) is 0 Å². The number of morpholine rings is 1. The maximum atomic E-state index is 6.05. The molecule has 2 atom stereocenters. The fourth-order valence-electron chi connectivity index (χ4n) is 2.59. The standard InChI is InChI=1S/C14H18N4O/c1-9-7-18(8-10(2)19-9)14-13(15)16-11-5-3-4-6-12(11)17-14/h3-6,9-10H,7-8H2,1-2H3,(H2,15,16)/t9-,10+. The Hall–Kier alpha value is -1.88. The Kier molecular flexibility index (Phi) is 2.98. The van der Waals surface area contributed by atoms with E-state index in [9.17, 15) is 0 Å². The first kappa shape index (κ1) is 12.2. The first-order valence-electron chi connectivity index (χ1n) is 6.56. The summed E-state index contributed by atoms with van der Waals surface area (Å²) >= 11 is 0. The van der Waals surface area contributed by atoms with Crippen molar-refractivity contribution in [1.29, 1.82) is 0 Å². The number of hydrogen-bond acceptors (Lipinski definition) is 5. The summed E-state index contributed by atoms with van der Waals surface area (Å²) < 4.78 is 5.73. The minimum Gasteiger partial charge on any atom is -0.381 e. The average molecular weight is 258 g/mol. The lowest BCUT2D eigenvalue weighted by Gasteiger charge is -2.36. The summed E-state index contributed by atoms with van der Waals surface area (Å²) in [7, 11) is 0. The summed E-state index contributed by atoms with van der Waals surface area (Å²) in [5.41, 5.74) is 7.76. The summed E-state index contributed by atoms with van der Waals surface area (Å²) in [5.74, 6) is 1.25. The van der Waals surface area contributed by atoms with Crippen LogP contribution in [0.3, 0.4) is 0 Å². The molecule has 2 aromatic rings. The van der Waals surface area contributed by atoms with Gasteiger partial charge in [-0.2, -0.15) is 0 Å². The molecule has 100 valence electrons. The number of benzene rings is 1. The number of nitrogens with zero attached hydrogens (tertiary/aromatic N) is 3. The highest BCUT2D eigenvalue weighted by Crippen LogP contribution is 2.25. The number of rotatable bonds is 1. The van der Waals surface area contributed by atoms with Gasteiger partial charge in [-0.25, -0.2) is 9.97 Å². The molecule has 2 heterocycles. The maximum absolute atomic E-state index is 6.05. The zero-order valence-corrected chi connectivity index (χ0v) is 11.2. The zero-order valence-electron chi connectivity index (χ0n) is 11.2. The molecule has 0 amide bonds. The molecule has 1 aromatic heterocycles. The van der Waals surface area contributed by atoms with E-state index >= 15 is 0 Å². The molecule has 0 bridgehead atoms. The van der Waals surface area contributed by atoms with Crippen LogP contribution in [0.15, 0.2) is 24.3 Å². The molecule has 1 saturated heterocycles. The third-order valence-electron chi connectivity index (χ3n) is 3.30. The topological polar surface area (TPSA) is 64.3 Å². The van der Waals surface area contributed by atoms with Crippen LogP contribution in [0.5, 0.6) is 0 Å². The van der Waals surface area contributed by atoms with Crippen molar-refractivity contribution in [3.63, 3.8) is 0 Å². The van der Waals surface area contributed by atoms with Gasteiger partial charge in [0.15, 0.2) is 11.6 Å². The van der Waals surface area contributed by atoms with Crippen LogP contribution in [0, 0.1) is 0 Å². The first-order chi connectivity index (χ1) is 9.13. The molecule has 0 unspecified atom stereocenters. The molecule has 5 heteroatoms. The van der Waals surface area contributed by atoms with E-state index in [1.807, 2.05) is 24.3 Å². The molecule has 0 radical (unpaired) electrons. The Morgan fingerprint density at radius 3 is 2.32 bits per heavy atom. The zero-order chi connectivity index (χ0) is 13.4.